The summed E-state index contributed by atoms with van der Waals surface area (Å²) in [4.78, 5) is 11.6. The maximum Gasteiger partial charge on any atom is 0.326 e. The predicted octanol–water partition coefficient (Wildman–Crippen LogP) is 1.99. The Kier molecular flexibility index (Phi) is 4.39. The number of unbranched alkanes of at least 4 members (excludes halogenated alkanes) is 2. The quantitative estimate of drug-likeness (QED) is 0.544. The maximum absolute atomic E-state index is 11.6. The lowest BCUT2D eigenvalue weighted by atomic mass is 10.00. The van der Waals surface area contributed by atoms with Gasteiger partial charge >= 0.3 is 5.97 Å². The zero-order valence-corrected chi connectivity index (χ0v) is 9.05. The van der Waals surface area contributed by atoms with Crippen LogP contribution in [0.1, 0.15) is 51.9 Å². The molecule has 0 aromatic heterocycles. The third-order valence-electron chi connectivity index (χ3n) is 2.88. The van der Waals surface area contributed by atoms with Gasteiger partial charge in [-0.1, -0.05) is 32.6 Å². The molecule has 1 aliphatic rings. The number of carbonyl (C=O) groups is 1. The highest BCUT2D eigenvalue weighted by molar-refractivity contribution is 5.80. The Morgan fingerprint density at radius 1 is 1.36 bits per heavy atom. The Morgan fingerprint density at radius 2 is 2.00 bits per heavy atom. The second-order valence-corrected chi connectivity index (χ2v) is 4.21. The Labute approximate surface area is 86.0 Å². The Hall–Kier alpha value is -0.570. The molecule has 0 bridgehead atoms. The summed E-state index contributed by atoms with van der Waals surface area (Å²) in [5.74, 6) is -0.189. The first kappa shape index (κ1) is 11.5. The summed E-state index contributed by atoms with van der Waals surface area (Å²) in [5.41, 5.74) is 5.28. The summed E-state index contributed by atoms with van der Waals surface area (Å²) < 4.78 is 5.17. The average Bonchev–Trinajstić information content (AvgIpc) is 2.61. The topological polar surface area (TPSA) is 52.3 Å². The van der Waals surface area contributed by atoms with Gasteiger partial charge in [0.25, 0.3) is 0 Å². The molecule has 0 heterocycles. The minimum atomic E-state index is -0.661. The molecule has 0 unspecified atom stereocenters. The number of hydrogen-bond donors (Lipinski definition) is 1. The number of ether oxygens (including phenoxy) is 1. The number of hydrogen-bond acceptors (Lipinski definition) is 3. The Bertz CT molecular complexity index is 186. The highest BCUT2D eigenvalue weighted by Crippen LogP contribution is 2.28. The van der Waals surface area contributed by atoms with Crippen LogP contribution in [-0.4, -0.2) is 18.1 Å². The minimum absolute atomic E-state index is 0.189. The van der Waals surface area contributed by atoms with Gasteiger partial charge in [0.05, 0.1) is 6.61 Å². The molecule has 1 rings (SSSR count). The van der Waals surface area contributed by atoms with Crippen LogP contribution >= 0.6 is 0 Å². The third-order valence-corrected chi connectivity index (χ3v) is 2.88. The molecule has 0 aromatic rings. The molecule has 0 radical (unpaired) electrons. The van der Waals surface area contributed by atoms with E-state index >= 15 is 0 Å². The first-order chi connectivity index (χ1) is 6.69. The second kappa shape index (κ2) is 5.35. The molecule has 3 nitrogen and oxygen atoms in total. The molecule has 0 aliphatic heterocycles. The van der Waals surface area contributed by atoms with E-state index in [2.05, 4.69) is 6.92 Å². The number of rotatable bonds is 5. The SMILES string of the molecule is CCCCCOC(=O)C1(N)CCCC1. The monoisotopic (exact) mass is 199 g/mol. The predicted molar refractivity (Wildman–Crippen MR) is 55.9 cm³/mol. The van der Waals surface area contributed by atoms with Crippen molar-refractivity contribution in [3.05, 3.63) is 0 Å². The molecule has 0 atom stereocenters. The zero-order chi connectivity index (χ0) is 10.4. The van der Waals surface area contributed by atoms with Gasteiger partial charge < -0.3 is 10.5 Å². The molecule has 1 aliphatic carbocycles. The van der Waals surface area contributed by atoms with E-state index in [1.165, 1.54) is 0 Å². The molecule has 2 N–H and O–H groups in total. The highest BCUT2D eigenvalue weighted by Gasteiger charge is 2.38. The van der Waals surface area contributed by atoms with Crippen molar-refractivity contribution in [3.63, 3.8) is 0 Å². The van der Waals surface area contributed by atoms with Crippen LogP contribution in [-0.2, 0) is 9.53 Å². The lowest BCUT2D eigenvalue weighted by Gasteiger charge is -2.20. The third kappa shape index (κ3) is 2.98. The number of esters is 1. The van der Waals surface area contributed by atoms with Gasteiger partial charge in [-0.3, -0.25) is 4.79 Å². The number of nitrogens with two attached hydrogens (primary N) is 1. The fourth-order valence-corrected chi connectivity index (χ4v) is 1.87. The summed E-state index contributed by atoms with van der Waals surface area (Å²) in [6, 6.07) is 0. The fraction of sp³-hybridized carbons (Fsp3) is 0.909. The van der Waals surface area contributed by atoms with Crippen LogP contribution in [0.4, 0.5) is 0 Å². The van der Waals surface area contributed by atoms with E-state index in [1.807, 2.05) is 0 Å². The molecule has 3 heteroatoms. The smallest absolute Gasteiger partial charge is 0.326 e. The van der Waals surface area contributed by atoms with Crippen molar-refractivity contribution in [2.24, 2.45) is 5.73 Å². The summed E-state index contributed by atoms with van der Waals surface area (Å²) in [5, 5.41) is 0. The summed E-state index contributed by atoms with van der Waals surface area (Å²) in [6.07, 6.45) is 6.91. The largest absolute Gasteiger partial charge is 0.464 e. The molecular formula is C11H21NO2. The van der Waals surface area contributed by atoms with E-state index in [1.54, 1.807) is 0 Å². The molecule has 0 amide bonds. The summed E-state index contributed by atoms with van der Waals surface area (Å²) in [6.45, 7) is 2.66. The van der Waals surface area contributed by atoms with Gasteiger partial charge in [0, 0.05) is 0 Å². The molecule has 1 saturated carbocycles. The van der Waals surface area contributed by atoms with Gasteiger partial charge in [0.15, 0.2) is 0 Å². The van der Waals surface area contributed by atoms with Crippen LogP contribution in [0.25, 0.3) is 0 Å². The molecule has 0 aromatic carbocycles. The molecule has 14 heavy (non-hydrogen) atoms. The summed E-state index contributed by atoms with van der Waals surface area (Å²) >= 11 is 0. The van der Waals surface area contributed by atoms with Crippen molar-refractivity contribution in [2.45, 2.75) is 57.4 Å². The van der Waals surface area contributed by atoms with E-state index in [4.69, 9.17) is 10.5 Å². The van der Waals surface area contributed by atoms with Crippen molar-refractivity contribution in [1.82, 2.24) is 0 Å². The molecule has 1 fully saturated rings. The fourth-order valence-electron chi connectivity index (χ4n) is 1.87. The van der Waals surface area contributed by atoms with E-state index in [0.29, 0.717) is 6.61 Å². The molecule has 0 saturated heterocycles. The molecule has 0 spiro atoms. The lowest BCUT2D eigenvalue weighted by Crippen LogP contribution is -2.46. The van der Waals surface area contributed by atoms with Gasteiger partial charge in [-0.2, -0.15) is 0 Å². The molecule has 82 valence electrons. The van der Waals surface area contributed by atoms with Gasteiger partial charge in [0.2, 0.25) is 0 Å². The normalized spacial score (nSPS) is 19.6. The van der Waals surface area contributed by atoms with Gasteiger partial charge in [0.1, 0.15) is 5.54 Å². The van der Waals surface area contributed by atoms with Crippen LogP contribution < -0.4 is 5.73 Å². The highest BCUT2D eigenvalue weighted by atomic mass is 16.5. The van der Waals surface area contributed by atoms with Crippen LogP contribution in [0, 0.1) is 0 Å². The maximum atomic E-state index is 11.6. The minimum Gasteiger partial charge on any atom is -0.464 e. The van der Waals surface area contributed by atoms with Crippen LogP contribution in [0.3, 0.4) is 0 Å². The van der Waals surface area contributed by atoms with Crippen LogP contribution in [0.15, 0.2) is 0 Å². The van der Waals surface area contributed by atoms with Crippen molar-refractivity contribution in [3.8, 4) is 0 Å². The van der Waals surface area contributed by atoms with Crippen molar-refractivity contribution >= 4 is 5.97 Å². The van der Waals surface area contributed by atoms with Crippen LogP contribution in [0.2, 0.25) is 0 Å². The van der Waals surface area contributed by atoms with Crippen molar-refractivity contribution in [2.75, 3.05) is 6.61 Å². The van der Waals surface area contributed by atoms with E-state index < -0.39 is 5.54 Å². The second-order valence-electron chi connectivity index (χ2n) is 4.21. The van der Waals surface area contributed by atoms with E-state index in [0.717, 1.165) is 44.9 Å². The Balaban J connectivity index is 2.20. The first-order valence-electron chi connectivity index (χ1n) is 5.65. The zero-order valence-electron chi connectivity index (χ0n) is 9.05. The van der Waals surface area contributed by atoms with Gasteiger partial charge in [-0.25, -0.2) is 0 Å². The van der Waals surface area contributed by atoms with Gasteiger partial charge in [-0.15, -0.1) is 0 Å². The van der Waals surface area contributed by atoms with E-state index in [-0.39, 0.29) is 5.97 Å². The van der Waals surface area contributed by atoms with Gasteiger partial charge in [-0.05, 0) is 19.3 Å². The standard InChI is InChI=1S/C11H21NO2/c1-2-3-6-9-14-10(13)11(12)7-4-5-8-11/h2-9,12H2,1H3. The lowest BCUT2D eigenvalue weighted by molar-refractivity contribution is -0.150. The van der Waals surface area contributed by atoms with Crippen molar-refractivity contribution < 1.29 is 9.53 Å². The molecular weight excluding hydrogens is 178 g/mol. The first-order valence-corrected chi connectivity index (χ1v) is 5.65. The summed E-state index contributed by atoms with van der Waals surface area (Å²) in [7, 11) is 0. The van der Waals surface area contributed by atoms with Crippen molar-refractivity contribution in [1.29, 1.82) is 0 Å². The number of carbonyl (C=O) groups excluding carboxylic acids is 1. The van der Waals surface area contributed by atoms with E-state index in [9.17, 15) is 4.79 Å². The average molecular weight is 199 g/mol. The Morgan fingerprint density at radius 3 is 2.57 bits per heavy atom. The van der Waals surface area contributed by atoms with Crippen LogP contribution in [0.5, 0.6) is 0 Å².